The second-order valence-corrected chi connectivity index (χ2v) is 17.4. The fourth-order valence-electron chi connectivity index (χ4n) is 9.90. The van der Waals surface area contributed by atoms with Crippen molar-refractivity contribution in [3.05, 3.63) is 247 Å². The lowest BCUT2D eigenvalue weighted by atomic mass is 9.89. The molecule has 3 heteroatoms. The van der Waals surface area contributed by atoms with Crippen LogP contribution in [0.3, 0.4) is 0 Å². The van der Waals surface area contributed by atoms with Gasteiger partial charge < -0.3 is 0 Å². The van der Waals surface area contributed by atoms with E-state index in [1.807, 2.05) is 0 Å². The molecular weight excluding hydrogens is 799 g/mol. The first-order chi connectivity index (χ1) is 32.5. The second-order valence-electron chi connectivity index (χ2n) is 17.4. The number of aryl methyl sites for hydroxylation is 1. The molecule has 12 aromatic rings. The van der Waals surface area contributed by atoms with Gasteiger partial charge in [-0.2, -0.15) is 0 Å². The van der Waals surface area contributed by atoms with Crippen LogP contribution in [-0.4, -0.2) is 15.1 Å². The molecule has 0 aliphatic carbocycles. The predicted octanol–water partition coefficient (Wildman–Crippen LogP) is 16.8. The zero-order valence-electron chi connectivity index (χ0n) is 36.9. The van der Waals surface area contributed by atoms with E-state index in [0.29, 0.717) is 0 Å². The first kappa shape index (κ1) is 39.2. The molecule has 10 aromatic carbocycles. The van der Waals surface area contributed by atoms with E-state index in [1.54, 1.807) is 0 Å². The summed E-state index contributed by atoms with van der Waals surface area (Å²) in [6.45, 7) is 4.37. The van der Waals surface area contributed by atoms with E-state index in [2.05, 4.69) is 249 Å². The molecule has 2 aromatic heterocycles. The molecule has 2 heterocycles. The quantitative estimate of drug-likeness (QED) is 0.140. The van der Waals surface area contributed by atoms with Crippen LogP contribution in [0.4, 0.5) is 5.69 Å². The molecule has 0 aliphatic heterocycles. The highest BCUT2D eigenvalue weighted by Crippen LogP contribution is 2.45. The molecule has 66 heavy (non-hydrogen) atoms. The average molecular weight is 844 g/mol. The van der Waals surface area contributed by atoms with Gasteiger partial charge in [-0.05, 0) is 120 Å². The first-order valence-electron chi connectivity index (χ1n) is 22.8. The zero-order chi connectivity index (χ0) is 44.1. The second kappa shape index (κ2) is 16.3. The molecule has 0 saturated carbocycles. The highest BCUT2D eigenvalue weighted by Gasteiger charge is 2.22. The van der Waals surface area contributed by atoms with Gasteiger partial charge in [0.1, 0.15) is 5.65 Å². The summed E-state index contributed by atoms with van der Waals surface area (Å²) < 4.78 is 2.32. The Morgan fingerprint density at radius 2 is 0.955 bits per heavy atom. The van der Waals surface area contributed by atoms with Gasteiger partial charge in [0.05, 0.1) is 22.4 Å². The molecule has 0 spiro atoms. The minimum atomic E-state index is 0.119. The van der Waals surface area contributed by atoms with Crippen molar-refractivity contribution in [1.82, 2.24) is 9.38 Å². The topological polar surface area (TPSA) is 29.7 Å². The average Bonchev–Trinajstić information content (AvgIpc) is 3.75. The van der Waals surface area contributed by atoms with Crippen LogP contribution >= 0.6 is 0 Å². The zero-order valence-corrected chi connectivity index (χ0v) is 36.9. The van der Waals surface area contributed by atoms with E-state index in [9.17, 15) is 0 Å². The van der Waals surface area contributed by atoms with Crippen LogP contribution in [0, 0.1) is 6.92 Å². The van der Waals surface area contributed by atoms with Gasteiger partial charge in [-0.25, -0.2) is 4.98 Å². The molecule has 0 bridgehead atoms. The summed E-state index contributed by atoms with van der Waals surface area (Å²) in [5.41, 5.74) is 17.9. The summed E-state index contributed by atoms with van der Waals surface area (Å²) in [4.78, 5) is 10.8. The van der Waals surface area contributed by atoms with Crippen molar-refractivity contribution in [2.45, 2.75) is 19.8 Å². The lowest BCUT2D eigenvalue weighted by Gasteiger charge is -2.17. The van der Waals surface area contributed by atoms with Crippen LogP contribution in [0.2, 0.25) is 0 Å². The number of hydrogen-bond acceptors (Lipinski definition) is 2. The Bertz CT molecular complexity index is 3820. The number of aromatic nitrogens is 2. The molecule has 0 aliphatic rings. The van der Waals surface area contributed by atoms with Crippen molar-refractivity contribution in [2.24, 2.45) is 4.99 Å². The van der Waals surface area contributed by atoms with Gasteiger partial charge in [0, 0.05) is 23.2 Å². The van der Waals surface area contributed by atoms with E-state index < -0.39 is 0 Å². The van der Waals surface area contributed by atoms with Crippen molar-refractivity contribution in [3.63, 3.8) is 0 Å². The maximum Gasteiger partial charge on any atom is 0.137 e. The molecule has 1 unspecified atom stereocenters. The maximum atomic E-state index is 5.49. The van der Waals surface area contributed by atoms with Crippen molar-refractivity contribution < 1.29 is 0 Å². The summed E-state index contributed by atoms with van der Waals surface area (Å²) in [6.07, 6.45) is 2.28. The van der Waals surface area contributed by atoms with Gasteiger partial charge in [0.25, 0.3) is 0 Å². The number of aliphatic imine (C=N–C) groups is 1. The van der Waals surface area contributed by atoms with E-state index in [4.69, 9.17) is 9.98 Å². The number of nitrogens with zero attached hydrogens (tertiary/aromatic N) is 3. The molecular formula is C63H45N3. The summed E-state index contributed by atoms with van der Waals surface area (Å²) >= 11 is 0. The lowest BCUT2D eigenvalue weighted by molar-refractivity contribution is 1.02. The molecule has 0 N–H and O–H groups in total. The Hall–Kier alpha value is -8.40. The third-order valence-corrected chi connectivity index (χ3v) is 13.4. The van der Waals surface area contributed by atoms with Crippen molar-refractivity contribution >= 4 is 60.4 Å². The van der Waals surface area contributed by atoms with Gasteiger partial charge in [0.15, 0.2) is 0 Å². The summed E-state index contributed by atoms with van der Waals surface area (Å²) in [5, 5.41) is 7.27. The Morgan fingerprint density at radius 1 is 0.455 bits per heavy atom. The SMILES string of the molecule is Cc1ccccc1N=C(c1ccc(-c2ccc(-c3ccc4nc5c(-c6ccc7ccccc7c6)c6ccccc6c(-c6ccc7ccccc7c6)c5n4c3)cc2)cc1)C(C)c1ccccc1. The number of imidazole rings is 1. The molecule has 0 saturated heterocycles. The lowest BCUT2D eigenvalue weighted by Crippen LogP contribution is -2.11. The largest absolute Gasteiger partial charge is 0.298 e. The van der Waals surface area contributed by atoms with Gasteiger partial charge >= 0.3 is 0 Å². The van der Waals surface area contributed by atoms with Gasteiger partial charge in [-0.3, -0.25) is 9.39 Å². The maximum absolute atomic E-state index is 5.49. The van der Waals surface area contributed by atoms with Crippen LogP contribution in [0.15, 0.2) is 236 Å². The molecule has 0 fully saturated rings. The van der Waals surface area contributed by atoms with Crippen molar-refractivity contribution in [3.8, 4) is 44.5 Å². The smallest absolute Gasteiger partial charge is 0.137 e. The van der Waals surface area contributed by atoms with Gasteiger partial charge in [-0.1, -0.05) is 201 Å². The minimum Gasteiger partial charge on any atom is -0.298 e. The van der Waals surface area contributed by atoms with E-state index in [0.717, 1.165) is 72.6 Å². The van der Waals surface area contributed by atoms with Crippen LogP contribution in [0.1, 0.15) is 29.5 Å². The van der Waals surface area contributed by atoms with Crippen LogP contribution < -0.4 is 0 Å². The molecule has 0 amide bonds. The standard InChI is InChI=1S/C63H45N3/c1-41-14-6-13-23-57(41)64-61(42(2)43-15-4-3-5-16-43)49-32-28-47(29-33-49)46-24-26-48(27-25-46)54-36-37-58-65-62-59(52-34-30-44-17-7-9-19-50(44)38-52)55-21-11-12-22-56(55)60(63(62)66(58)40-54)53-35-31-45-18-8-10-20-51(45)39-53/h3-40,42H,1-2H3. The van der Waals surface area contributed by atoms with Crippen LogP contribution in [0.5, 0.6) is 0 Å². The highest BCUT2D eigenvalue weighted by atomic mass is 15.0. The van der Waals surface area contributed by atoms with Crippen molar-refractivity contribution in [1.29, 1.82) is 0 Å². The van der Waals surface area contributed by atoms with Crippen LogP contribution in [-0.2, 0) is 0 Å². The van der Waals surface area contributed by atoms with E-state index in [-0.39, 0.29) is 5.92 Å². The number of fused-ring (bicyclic) bond motifs is 6. The number of hydrogen-bond donors (Lipinski definition) is 0. The van der Waals surface area contributed by atoms with Crippen molar-refractivity contribution in [2.75, 3.05) is 0 Å². The number of pyridine rings is 1. The number of benzene rings is 10. The van der Waals surface area contributed by atoms with E-state index >= 15 is 0 Å². The molecule has 0 radical (unpaired) electrons. The monoisotopic (exact) mass is 843 g/mol. The number of para-hydroxylation sites is 1. The van der Waals surface area contributed by atoms with Gasteiger partial charge in [0.2, 0.25) is 0 Å². The third kappa shape index (κ3) is 6.93. The molecule has 3 nitrogen and oxygen atoms in total. The Morgan fingerprint density at radius 3 is 1.61 bits per heavy atom. The predicted molar refractivity (Wildman–Crippen MR) is 279 cm³/mol. The fraction of sp³-hybridized carbons (Fsp3) is 0.0476. The Balaban J connectivity index is 0.966. The van der Waals surface area contributed by atoms with Gasteiger partial charge in [-0.15, -0.1) is 0 Å². The van der Waals surface area contributed by atoms with E-state index in [1.165, 1.54) is 49.0 Å². The third-order valence-electron chi connectivity index (χ3n) is 13.4. The van der Waals surface area contributed by atoms with Crippen LogP contribution in [0.25, 0.3) is 93.5 Å². The molecule has 1 atom stereocenters. The first-order valence-corrected chi connectivity index (χ1v) is 22.8. The molecule has 312 valence electrons. The summed E-state index contributed by atoms with van der Waals surface area (Å²) in [6, 6.07) is 81.0. The summed E-state index contributed by atoms with van der Waals surface area (Å²) in [5.74, 6) is 0.119. The highest BCUT2D eigenvalue weighted by molar-refractivity contribution is 6.21. The minimum absolute atomic E-state index is 0.119. The summed E-state index contributed by atoms with van der Waals surface area (Å²) in [7, 11) is 0. The fourth-order valence-corrected chi connectivity index (χ4v) is 9.90. The Kier molecular flexibility index (Phi) is 9.69. The molecule has 12 rings (SSSR count). The number of rotatable bonds is 8. The Labute approximate surface area is 384 Å². The normalized spacial score (nSPS) is 12.4.